The van der Waals surface area contributed by atoms with Gasteiger partial charge in [0.05, 0.1) is 24.1 Å². The van der Waals surface area contributed by atoms with E-state index in [1.165, 1.54) is 11.3 Å². The number of oxazole rings is 1. The number of ether oxygens (including phenoxy) is 1. The predicted molar refractivity (Wildman–Crippen MR) is 177 cm³/mol. The molecule has 12 nitrogen and oxygen atoms in total. The van der Waals surface area contributed by atoms with Crippen LogP contribution in [-0.4, -0.2) is 90.5 Å². The Kier molecular flexibility index (Phi) is 8.76. The molecule has 2 saturated carbocycles. The number of nitrogens with zero attached hydrogens (tertiary/aromatic N) is 3. The van der Waals surface area contributed by atoms with E-state index in [1.807, 2.05) is 49.3 Å². The monoisotopic (exact) mass is 658 g/mol. The predicted octanol–water partition coefficient (Wildman–Crippen LogP) is 2.99. The first-order valence-electron chi connectivity index (χ1n) is 16.5. The van der Waals surface area contributed by atoms with Gasteiger partial charge in [-0.05, 0) is 75.2 Å². The van der Waals surface area contributed by atoms with Gasteiger partial charge in [-0.3, -0.25) is 28.9 Å². The van der Waals surface area contributed by atoms with Gasteiger partial charge in [-0.1, -0.05) is 26.2 Å². The standard InChI is InChI=1S/C36H42N4O8/c1-6-7-8-9-14-47-20-12-10-18(11-13-20)35-38-23-17-24(39(2)3)21-15-19-16-22-28(40(4)5)30(42)27(34(37)45)33(44)36(22,46)32(43)25(19)29(41)26(21)31(23)48-35/h10-13,17,19,22,25,27-28,46H,6-9,14-16H2,1-5H3,(H2,37,45)/t19-,22-,25?,27?,28-,36-/m0/s1. The van der Waals surface area contributed by atoms with Gasteiger partial charge in [0.2, 0.25) is 11.8 Å². The molecule has 0 radical (unpaired) electrons. The van der Waals surface area contributed by atoms with E-state index in [9.17, 15) is 29.1 Å². The number of aliphatic hydroxyl groups is 1. The van der Waals surface area contributed by atoms with Crippen molar-refractivity contribution >= 4 is 45.8 Å². The Bertz CT molecular complexity index is 1810. The van der Waals surface area contributed by atoms with Crippen LogP contribution in [0.4, 0.5) is 5.69 Å². The minimum Gasteiger partial charge on any atom is -0.494 e. The quantitative estimate of drug-likeness (QED) is 0.242. The maximum atomic E-state index is 14.5. The Morgan fingerprint density at radius 3 is 2.40 bits per heavy atom. The van der Waals surface area contributed by atoms with Crippen LogP contribution in [0.5, 0.6) is 5.75 Å². The normalized spacial score (nSPS) is 26.8. The summed E-state index contributed by atoms with van der Waals surface area (Å²) < 4.78 is 12.1. The summed E-state index contributed by atoms with van der Waals surface area (Å²) in [6.07, 6.45) is 4.71. The maximum Gasteiger partial charge on any atom is 0.235 e. The molecule has 2 fully saturated rings. The summed E-state index contributed by atoms with van der Waals surface area (Å²) in [5.41, 5.74) is 5.55. The van der Waals surface area contributed by atoms with Crippen LogP contribution in [0.2, 0.25) is 0 Å². The third kappa shape index (κ3) is 5.22. The molecule has 254 valence electrons. The zero-order valence-corrected chi connectivity index (χ0v) is 27.9. The Morgan fingerprint density at radius 2 is 1.77 bits per heavy atom. The van der Waals surface area contributed by atoms with E-state index >= 15 is 0 Å². The van der Waals surface area contributed by atoms with Crippen LogP contribution in [-0.2, 0) is 25.6 Å². The third-order valence-electron chi connectivity index (χ3n) is 10.3. The van der Waals surface area contributed by atoms with Gasteiger partial charge < -0.3 is 24.9 Å². The number of carbonyl (C=O) groups excluding carboxylic acids is 5. The molecule has 0 bridgehead atoms. The molecule has 6 rings (SSSR count). The average Bonchev–Trinajstić information content (AvgIpc) is 3.46. The second-order valence-electron chi connectivity index (χ2n) is 13.7. The van der Waals surface area contributed by atoms with E-state index in [4.69, 9.17) is 19.9 Å². The largest absolute Gasteiger partial charge is 0.494 e. The number of rotatable bonds is 10. The van der Waals surface area contributed by atoms with E-state index < -0.39 is 64.4 Å². The minimum atomic E-state index is -2.73. The Labute approximate surface area is 278 Å². The zero-order chi connectivity index (χ0) is 34.7. The van der Waals surface area contributed by atoms with Crippen LogP contribution < -0.4 is 15.4 Å². The van der Waals surface area contributed by atoms with Crippen LogP contribution >= 0.6 is 0 Å². The molecular weight excluding hydrogens is 616 g/mol. The van der Waals surface area contributed by atoms with E-state index in [0.29, 0.717) is 23.3 Å². The Balaban J connectivity index is 1.39. The van der Waals surface area contributed by atoms with Crippen LogP contribution in [0, 0.1) is 23.7 Å². The van der Waals surface area contributed by atoms with Crippen LogP contribution in [0.1, 0.15) is 54.9 Å². The molecule has 0 aliphatic heterocycles. The van der Waals surface area contributed by atoms with Gasteiger partial charge in [0.25, 0.3) is 0 Å². The molecule has 3 N–H and O–H groups in total. The Hall–Kier alpha value is -4.42. The lowest BCUT2D eigenvalue weighted by Gasteiger charge is -2.52. The minimum absolute atomic E-state index is 0.0312. The summed E-state index contributed by atoms with van der Waals surface area (Å²) >= 11 is 0. The highest BCUT2D eigenvalue weighted by molar-refractivity contribution is 6.32. The van der Waals surface area contributed by atoms with Crippen molar-refractivity contribution in [3.63, 3.8) is 0 Å². The van der Waals surface area contributed by atoms with Crippen molar-refractivity contribution in [1.29, 1.82) is 0 Å². The summed E-state index contributed by atoms with van der Waals surface area (Å²) in [6.45, 7) is 2.79. The summed E-state index contributed by atoms with van der Waals surface area (Å²) in [7, 11) is 6.84. The van der Waals surface area contributed by atoms with E-state index in [-0.39, 0.29) is 29.9 Å². The first-order valence-corrected chi connectivity index (χ1v) is 16.5. The van der Waals surface area contributed by atoms with Crippen molar-refractivity contribution in [2.75, 3.05) is 39.7 Å². The molecular formula is C36H42N4O8. The fourth-order valence-electron chi connectivity index (χ4n) is 7.98. The average molecular weight is 659 g/mol. The van der Waals surface area contributed by atoms with Gasteiger partial charge in [-0.2, -0.15) is 0 Å². The molecule has 3 aliphatic carbocycles. The highest BCUT2D eigenvalue weighted by atomic mass is 16.5. The molecule has 2 aromatic carbocycles. The van der Waals surface area contributed by atoms with Crippen molar-refractivity contribution in [2.45, 2.75) is 57.1 Å². The maximum absolute atomic E-state index is 14.5. The number of likely N-dealkylation sites (N-methyl/N-ethyl adjacent to an activating group) is 1. The first kappa shape index (κ1) is 33.5. The van der Waals surface area contributed by atoms with Gasteiger partial charge in [0.1, 0.15) is 11.3 Å². The molecule has 1 heterocycles. The number of unbranched alkanes of at least 4 members (excludes halogenated alkanes) is 3. The fourth-order valence-corrected chi connectivity index (χ4v) is 7.98. The van der Waals surface area contributed by atoms with Gasteiger partial charge in [0, 0.05) is 31.3 Å². The summed E-state index contributed by atoms with van der Waals surface area (Å²) in [5.74, 6) is -9.00. The lowest BCUT2D eigenvalue weighted by molar-refractivity contribution is -0.181. The number of amides is 1. The van der Waals surface area contributed by atoms with Gasteiger partial charge >= 0.3 is 0 Å². The number of ketones is 4. The molecule has 0 spiro atoms. The van der Waals surface area contributed by atoms with E-state index in [2.05, 4.69) is 6.92 Å². The first-order chi connectivity index (χ1) is 22.8. The van der Waals surface area contributed by atoms with Gasteiger partial charge in [0.15, 0.2) is 40.2 Å². The van der Waals surface area contributed by atoms with Crippen molar-refractivity contribution < 1.29 is 38.2 Å². The van der Waals surface area contributed by atoms with E-state index in [0.717, 1.165) is 30.7 Å². The second kappa shape index (κ2) is 12.6. The molecule has 6 atom stereocenters. The van der Waals surface area contributed by atoms with Crippen molar-refractivity contribution in [3.8, 4) is 17.2 Å². The van der Waals surface area contributed by atoms with Crippen molar-refractivity contribution in [1.82, 2.24) is 9.88 Å². The highest BCUT2D eigenvalue weighted by Gasteiger charge is 2.69. The van der Waals surface area contributed by atoms with Crippen molar-refractivity contribution in [3.05, 3.63) is 41.5 Å². The summed E-state index contributed by atoms with van der Waals surface area (Å²) in [5, 5.41) is 11.9. The molecule has 3 aromatic rings. The molecule has 0 saturated heterocycles. The van der Waals surface area contributed by atoms with E-state index in [1.54, 1.807) is 14.1 Å². The number of aromatic nitrogens is 1. The molecule has 12 heteroatoms. The van der Waals surface area contributed by atoms with Crippen LogP contribution in [0.3, 0.4) is 0 Å². The number of carbonyl (C=O) groups is 5. The third-order valence-corrected chi connectivity index (χ3v) is 10.3. The topological polar surface area (TPSA) is 173 Å². The number of hydrogen-bond acceptors (Lipinski definition) is 11. The number of benzene rings is 2. The Morgan fingerprint density at radius 1 is 1.06 bits per heavy atom. The number of primary amides is 1. The lowest BCUT2D eigenvalue weighted by Crippen LogP contribution is -2.74. The molecule has 3 aliphatic rings. The number of anilines is 1. The molecule has 1 aromatic heterocycles. The lowest BCUT2D eigenvalue weighted by atomic mass is 9.52. The zero-order valence-electron chi connectivity index (χ0n) is 27.9. The van der Waals surface area contributed by atoms with Crippen LogP contribution in [0.25, 0.3) is 22.6 Å². The van der Waals surface area contributed by atoms with Crippen molar-refractivity contribution in [2.24, 2.45) is 29.4 Å². The second-order valence-corrected chi connectivity index (χ2v) is 13.7. The smallest absolute Gasteiger partial charge is 0.235 e. The summed E-state index contributed by atoms with van der Waals surface area (Å²) in [4.78, 5) is 76.1. The number of fused-ring (bicyclic) bond motifs is 5. The highest BCUT2D eigenvalue weighted by Crippen LogP contribution is 2.51. The fraction of sp³-hybridized carbons (Fsp3) is 0.500. The van der Waals surface area contributed by atoms with Gasteiger partial charge in [-0.25, -0.2) is 4.98 Å². The molecule has 2 unspecified atom stereocenters. The van der Waals surface area contributed by atoms with Crippen LogP contribution in [0.15, 0.2) is 34.7 Å². The van der Waals surface area contributed by atoms with Gasteiger partial charge in [-0.15, -0.1) is 0 Å². The molecule has 48 heavy (non-hydrogen) atoms. The number of nitrogens with two attached hydrogens (primary N) is 1. The number of Topliss-reactive ketones (excluding diaryl/α,β-unsaturated/α-hetero) is 4. The molecule has 1 amide bonds. The SMILES string of the molecule is CCCCCCOc1ccc(-c2nc3cc(N(C)C)c4c(c3o2)C(=O)C2C(=O)[C@]3(O)C(=O)C(C(N)=O)C(=O)[C@@H](N(C)C)[C@@H]3C[C@@H]2C4)cc1. The number of hydrogen-bond donors (Lipinski definition) is 2. The summed E-state index contributed by atoms with van der Waals surface area (Å²) in [6, 6.07) is 8.05.